The number of para-hydroxylation sites is 1. The summed E-state index contributed by atoms with van der Waals surface area (Å²) in [7, 11) is 1.65. The van der Waals surface area contributed by atoms with Crippen molar-refractivity contribution in [3.8, 4) is 0 Å². The molecule has 0 saturated carbocycles. The molecule has 21 heavy (non-hydrogen) atoms. The molecule has 0 aromatic heterocycles. The first-order valence-corrected chi connectivity index (χ1v) is 6.98. The summed E-state index contributed by atoms with van der Waals surface area (Å²) in [6.07, 6.45) is 0. The number of anilines is 1. The highest BCUT2D eigenvalue weighted by molar-refractivity contribution is 9.10. The fraction of sp³-hybridized carbons (Fsp3) is 0.133. The Morgan fingerprint density at radius 2 is 1.90 bits per heavy atom. The lowest BCUT2D eigenvalue weighted by Crippen LogP contribution is -2.27. The van der Waals surface area contributed by atoms with Gasteiger partial charge in [0.1, 0.15) is 0 Å². The zero-order valence-electron chi connectivity index (χ0n) is 11.5. The molecule has 2 aromatic carbocycles. The second kappa shape index (κ2) is 6.05. The van der Waals surface area contributed by atoms with Gasteiger partial charge >= 0.3 is 0 Å². The molecule has 0 aliphatic heterocycles. The van der Waals surface area contributed by atoms with E-state index in [9.17, 15) is 14.9 Å². The molecular weight excluding hydrogens is 336 g/mol. The number of hydrogen-bond acceptors (Lipinski definition) is 3. The van der Waals surface area contributed by atoms with E-state index in [1.54, 1.807) is 7.05 Å². The van der Waals surface area contributed by atoms with Gasteiger partial charge in [0.15, 0.2) is 0 Å². The van der Waals surface area contributed by atoms with Gasteiger partial charge in [-0.1, -0.05) is 18.2 Å². The van der Waals surface area contributed by atoms with E-state index in [0.29, 0.717) is 4.47 Å². The van der Waals surface area contributed by atoms with Gasteiger partial charge in [-0.25, -0.2) is 0 Å². The zero-order chi connectivity index (χ0) is 15.6. The van der Waals surface area contributed by atoms with Crippen molar-refractivity contribution in [2.24, 2.45) is 0 Å². The van der Waals surface area contributed by atoms with Crippen LogP contribution in [0.2, 0.25) is 0 Å². The smallest absolute Gasteiger partial charge is 0.270 e. The predicted molar refractivity (Wildman–Crippen MR) is 84.7 cm³/mol. The van der Waals surface area contributed by atoms with Crippen molar-refractivity contribution in [2.75, 3.05) is 11.9 Å². The molecule has 2 aromatic rings. The van der Waals surface area contributed by atoms with E-state index in [1.165, 1.54) is 23.1 Å². The summed E-state index contributed by atoms with van der Waals surface area (Å²) in [5, 5.41) is 10.8. The van der Waals surface area contributed by atoms with Gasteiger partial charge in [0.2, 0.25) is 0 Å². The summed E-state index contributed by atoms with van der Waals surface area (Å²) in [6.45, 7) is 1.90. The highest BCUT2D eigenvalue weighted by atomic mass is 79.9. The van der Waals surface area contributed by atoms with Crippen LogP contribution in [0, 0.1) is 17.0 Å². The number of halogens is 1. The molecule has 0 heterocycles. The van der Waals surface area contributed by atoms with Crippen LogP contribution < -0.4 is 4.90 Å². The number of rotatable bonds is 3. The number of aryl methyl sites for hydroxylation is 1. The van der Waals surface area contributed by atoms with Gasteiger partial charge in [-0.05, 0) is 40.5 Å². The lowest BCUT2D eigenvalue weighted by Gasteiger charge is -2.20. The number of amides is 1. The van der Waals surface area contributed by atoms with Crippen LogP contribution in [0.3, 0.4) is 0 Å². The molecule has 0 spiro atoms. The lowest BCUT2D eigenvalue weighted by atomic mass is 10.1. The first kappa shape index (κ1) is 15.2. The summed E-state index contributed by atoms with van der Waals surface area (Å²) >= 11 is 3.27. The Labute approximate surface area is 130 Å². The maximum atomic E-state index is 12.6. The van der Waals surface area contributed by atoms with Crippen molar-refractivity contribution in [1.82, 2.24) is 0 Å². The van der Waals surface area contributed by atoms with Gasteiger partial charge in [-0.3, -0.25) is 14.9 Å². The van der Waals surface area contributed by atoms with Crippen LogP contribution in [0.25, 0.3) is 0 Å². The van der Waals surface area contributed by atoms with E-state index < -0.39 is 4.92 Å². The minimum atomic E-state index is -0.517. The van der Waals surface area contributed by atoms with Crippen LogP contribution in [-0.4, -0.2) is 17.9 Å². The number of hydrogen-bond donors (Lipinski definition) is 0. The molecule has 0 radical (unpaired) electrons. The van der Waals surface area contributed by atoms with E-state index in [0.717, 1.165) is 11.3 Å². The molecule has 0 aliphatic rings. The summed E-state index contributed by atoms with van der Waals surface area (Å²) in [5.41, 5.74) is 1.87. The van der Waals surface area contributed by atoms with Gasteiger partial charge in [0.25, 0.3) is 11.6 Å². The molecule has 0 aliphatic carbocycles. The molecule has 108 valence electrons. The number of benzene rings is 2. The second-order valence-corrected chi connectivity index (χ2v) is 5.43. The van der Waals surface area contributed by atoms with E-state index in [4.69, 9.17) is 0 Å². The van der Waals surface area contributed by atoms with E-state index in [1.807, 2.05) is 31.2 Å². The predicted octanol–water partition coefficient (Wildman–Crippen LogP) is 3.94. The fourth-order valence-electron chi connectivity index (χ4n) is 2.02. The number of nitro groups is 1. The number of carbonyl (C=O) groups excluding carboxylic acids is 1. The third-order valence-corrected chi connectivity index (χ3v) is 3.86. The molecule has 0 N–H and O–H groups in total. The molecule has 0 unspecified atom stereocenters. The van der Waals surface area contributed by atoms with Crippen molar-refractivity contribution in [1.29, 1.82) is 0 Å². The molecule has 5 nitrogen and oxygen atoms in total. The van der Waals surface area contributed by atoms with Crippen LogP contribution in [0.1, 0.15) is 15.9 Å². The standard InChI is InChI=1S/C15H13BrN2O3/c1-10-5-3-4-6-14(10)17(2)15(19)12-9-11(18(20)21)7-8-13(12)16/h3-9H,1-2H3. The molecule has 0 bridgehead atoms. The van der Waals surface area contributed by atoms with Crippen LogP contribution in [0.15, 0.2) is 46.9 Å². The molecular formula is C15H13BrN2O3. The lowest BCUT2D eigenvalue weighted by molar-refractivity contribution is -0.384. The largest absolute Gasteiger partial charge is 0.311 e. The number of non-ortho nitro benzene ring substituents is 1. The van der Waals surface area contributed by atoms with Gasteiger partial charge in [0, 0.05) is 29.3 Å². The summed E-state index contributed by atoms with van der Waals surface area (Å²) in [6, 6.07) is 11.6. The highest BCUT2D eigenvalue weighted by Gasteiger charge is 2.20. The number of carbonyl (C=O) groups is 1. The monoisotopic (exact) mass is 348 g/mol. The Morgan fingerprint density at radius 3 is 2.52 bits per heavy atom. The summed E-state index contributed by atoms with van der Waals surface area (Å²) < 4.78 is 0.526. The minimum absolute atomic E-state index is 0.111. The average molecular weight is 349 g/mol. The van der Waals surface area contributed by atoms with Gasteiger partial charge in [-0.15, -0.1) is 0 Å². The summed E-state index contributed by atoms with van der Waals surface area (Å²) in [5.74, 6) is -0.306. The number of nitro benzene ring substituents is 1. The topological polar surface area (TPSA) is 63.5 Å². The second-order valence-electron chi connectivity index (χ2n) is 4.57. The van der Waals surface area contributed by atoms with Crippen molar-refractivity contribution in [3.63, 3.8) is 0 Å². The Morgan fingerprint density at radius 1 is 1.24 bits per heavy atom. The van der Waals surface area contributed by atoms with Crippen molar-refractivity contribution in [3.05, 3.63) is 68.2 Å². The van der Waals surface area contributed by atoms with Gasteiger partial charge in [0.05, 0.1) is 10.5 Å². The first-order chi connectivity index (χ1) is 9.91. The van der Waals surface area contributed by atoms with Gasteiger partial charge < -0.3 is 4.90 Å². The first-order valence-electron chi connectivity index (χ1n) is 6.19. The van der Waals surface area contributed by atoms with Gasteiger partial charge in [-0.2, -0.15) is 0 Å². The molecule has 0 fully saturated rings. The molecule has 0 saturated heterocycles. The van der Waals surface area contributed by atoms with E-state index in [-0.39, 0.29) is 17.2 Å². The minimum Gasteiger partial charge on any atom is -0.311 e. The van der Waals surface area contributed by atoms with Crippen molar-refractivity contribution >= 4 is 33.2 Å². The third kappa shape index (κ3) is 3.11. The van der Waals surface area contributed by atoms with Crippen LogP contribution in [0.4, 0.5) is 11.4 Å². The van der Waals surface area contributed by atoms with Crippen molar-refractivity contribution < 1.29 is 9.72 Å². The SMILES string of the molecule is Cc1ccccc1N(C)C(=O)c1cc([N+](=O)[O-])ccc1Br. The molecule has 2 rings (SSSR count). The average Bonchev–Trinajstić information content (AvgIpc) is 2.46. The zero-order valence-corrected chi connectivity index (χ0v) is 13.1. The molecule has 1 amide bonds. The highest BCUT2D eigenvalue weighted by Crippen LogP contribution is 2.26. The fourth-order valence-corrected chi connectivity index (χ4v) is 2.44. The molecule has 6 heteroatoms. The number of nitrogens with zero attached hydrogens (tertiary/aromatic N) is 2. The Balaban J connectivity index is 2.42. The quantitative estimate of drug-likeness (QED) is 0.623. The van der Waals surface area contributed by atoms with Crippen LogP contribution >= 0.6 is 15.9 Å². The van der Waals surface area contributed by atoms with E-state index in [2.05, 4.69) is 15.9 Å². The van der Waals surface area contributed by atoms with E-state index >= 15 is 0 Å². The Hall–Kier alpha value is -2.21. The van der Waals surface area contributed by atoms with Crippen molar-refractivity contribution in [2.45, 2.75) is 6.92 Å². The Kier molecular flexibility index (Phi) is 4.37. The Bertz CT molecular complexity index is 716. The maximum absolute atomic E-state index is 12.6. The third-order valence-electron chi connectivity index (χ3n) is 3.17. The van der Waals surface area contributed by atoms with Crippen LogP contribution in [-0.2, 0) is 0 Å². The summed E-state index contributed by atoms with van der Waals surface area (Å²) in [4.78, 5) is 24.4. The normalized spacial score (nSPS) is 10.2. The molecule has 0 atom stereocenters. The maximum Gasteiger partial charge on any atom is 0.270 e. The van der Waals surface area contributed by atoms with Crippen LogP contribution in [0.5, 0.6) is 0 Å².